The van der Waals surface area contributed by atoms with Gasteiger partial charge in [0.05, 0.1) is 4.92 Å². The first-order chi connectivity index (χ1) is 15.3. The number of amides is 2. The van der Waals surface area contributed by atoms with Crippen molar-refractivity contribution in [2.24, 2.45) is 5.92 Å². The second kappa shape index (κ2) is 8.98. The molecule has 0 saturated carbocycles. The summed E-state index contributed by atoms with van der Waals surface area (Å²) in [4.78, 5) is 42.7. The minimum Gasteiger partial charge on any atom is -0.368 e. The lowest BCUT2D eigenvalue weighted by atomic mass is 10.0. The number of carbonyl (C=O) groups is 2. The number of hydrogen-bond acceptors (Lipinski definition) is 5. The van der Waals surface area contributed by atoms with E-state index in [4.69, 9.17) is 0 Å². The highest BCUT2D eigenvalue weighted by Crippen LogP contribution is 2.28. The lowest BCUT2D eigenvalue weighted by molar-refractivity contribution is -0.384. The van der Waals surface area contributed by atoms with Gasteiger partial charge in [0, 0.05) is 56.1 Å². The molecule has 4 rings (SSSR count). The van der Waals surface area contributed by atoms with Gasteiger partial charge in [-0.05, 0) is 36.1 Å². The number of nitrogens with zero attached hydrogens (tertiary/aromatic N) is 4. The lowest BCUT2D eigenvalue weighted by Crippen LogP contribution is -2.55. The maximum atomic E-state index is 13.5. The largest absolute Gasteiger partial charge is 0.368 e. The molecular weight excluding hydrogens is 408 g/mol. The van der Waals surface area contributed by atoms with Crippen molar-refractivity contribution in [2.75, 3.05) is 31.1 Å². The van der Waals surface area contributed by atoms with Crippen LogP contribution in [0.1, 0.15) is 36.2 Å². The Labute approximate surface area is 187 Å². The van der Waals surface area contributed by atoms with Crippen LogP contribution in [0.25, 0.3) is 0 Å². The summed E-state index contributed by atoms with van der Waals surface area (Å²) in [6, 6.07) is 13.6. The molecule has 1 atom stereocenters. The monoisotopic (exact) mass is 436 g/mol. The van der Waals surface area contributed by atoms with E-state index >= 15 is 0 Å². The van der Waals surface area contributed by atoms with E-state index in [1.165, 1.54) is 12.1 Å². The molecule has 0 bridgehead atoms. The minimum atomic E-state index is -0.471. The predicted octanol–water partition coefficient (Wildman–Crippen LogP) is 3.31. The van der Waals surface area contributed by atoms with Crippen molar-refractivity contribution >= 4 is 23.2 Å². The van der Waals surface area contributed by atoms with Crippen LogP contribution in [0.4, 0.5) is 11.4 Å². The summed E-state index contributed by atoms with van der Waals surface area (Å²) >= 11 is 0. The van der Waals surface area contributed by atoms with Gasteiger partial charge in [-0.2, -0.15) is 0 Å². The zero-order valence-electron chi connectivity index (χ0n) is 18.4. The van der Waals surface area contributed by atoms with Crippen LogP contribution in [0.5, 0.6) is 0 Å². The zero-order chi connectivity index (χ0) is 22.8. The highest BCUT2D eigenvalue weighted by Gasteiger charge is 2.38. The molecule has 1 fully saturated rings. The van der Waals surface area contributed by atoms with Crippen LogP contribution in [0.2, 0.25) is 0 Å². The number of nitro benzene ring substituents is 1. The quantitative estimate of drug-likeness (QED) is 0.512. The van der Waals surface area contributed by atoms with Gasteiger partial charge in [-0.25, -0.2) is 0 Å². The Morgan fingerprint density at radius 3 is 2.28 bits per heavy atom. The summed E-state index contributed by atoms with van der Waals surface area (Å²) in [5.41, 5.74) is 2.64. The lowest BCUT2D eigenvalue weighted by Gasteiger charge is -2.39. The Morgan fingerprint density at radius 2 is 1.69 bits per heavy atom. The molecule has 0 aromatic heterocycles. The zero-order valence-corrected chi connectivity index (χ0v) is 18.4. The molecule has 8 heteroatoms. The minimum absolute atomic E-state index is 0.00297. The van der Waals surface area contributed by atoms with E-state index in [2.05, 4.69) is 18.7 Å². The van der Waals surface area contributed by atoms with Crippen LogP contribution >= 0.6 is 0 Å². The number of hydrogen-bond donors (Lipinski definition) is 0. The molecule has 8 nitrogen and oxygen atoms in total. The molecule has 0 unspecified atom stereocenters. The maximum absolute atomic E-state index is 13.5. The fourth-order valence-electron chi connectivity index (χ4n) is 4.52. The number of non-ortho nitro benzene ring substituents is 1. The molecule has 1 saturated heterocycles. The number of anilines is 1. The Morgan fingerprint density at radius 1 is 1.03 bits per heavy atom. The normalized spacial score (nSPS) is 17.0. The molecule has 2 aliphatic heterocycles. The van der Waals surface area contributed by atoms with Crippen molar-refractivity contribution in [3.05, 3.63) is 69.8 Å². The first-order valence-corrected chi connectivity index (χ1v) is 11.0. The number of nitro groups is 1. The second-order valence-corrected chi connectivity index (χ2v) is 8.82. The molecular formula is C24H28N4O4. The third-order valence-corrected chi connectivity index (χ3v) is 6.22. The number of piperazine rings is 1. The molecule has 2 aromatic rings. The molecule has 0 radical (unpaired) electrons. The average Bonchev–Trinajstić information content (AvgIpc) is 3.13. The fraction of sp³-hybridized carbons (Fsp3) is 0.417. The first kappa shape index (κ1) is 21.8. The third-order valence-electron chi connectivity index (χ3n) is 6.22. The predicted molar refractivity (Wildman–Crippen MR) is 121 cm³/mol. The van der Waals surface area contributed by atoms with Crippen LogP contribution in [-0.2, 0) is 11.3 Å². The number of benzene rings is 2. The van der Waals surface area contributed by atoms with Gasteiger partial charge in [0.1, 0.15) is 6.04 Å². The molecule has 2 aliphatic rings. The molecule has 0 aliphatic carbocycles. The smallest absolute Gasteiger partial charge is 0.269 e. The summed E-state index contributed by atoms with van der Waals surface area (Å²) in [5, 5.41) is 10.9. The van der Waals surface area contributed by atoms with Gasteiger partial charge < -0.3 is 14.7 Å². The molecule has 2 amide bonds. The van der Waals surface area contributed by atoms with Crippen LogP contribution in [-0.4, -0.2) is 58.8 Å². The SMILES string of the molecule is CC(C)C[C@H](C(=O)N1CCN(c2ccc([N+](=O)[O-])cc2)CC1)N1Cc2ccccc2C1=O. The maximum Gasteiger partial charge on any atom is 0.269 e. The van der Waals surface area contributed by atoms with Crippen LogP contribution < -0.4 is 4.90 Å². The molecule has 168 valence electrons. The van der Waals surface area contributed by atoms with E-state index in [0.717, 1.165) is 11.3 Å². The van der Waals surface area contributed by atoms with E-state index in [1.807, 2.05) is 29.2 Å². The third kappa shape index (κ3) is 4.30. The second-order valence-electron chi connectivity index (χ2n) is 8.82. The van der Waals surface area contributed by atoms with Crippen molar-refractivity contribution in [3.8, 4) is 0 Å². The first-order valence-electron chi connectivity index (χ1n) is 11.0. The fourth-order valence-corrected chi connectivity index (χ4v) is 4.52. The Balaban J connectivity index is 1.44. The standard InChI is InChI=1S/C24H28N4O4/c1-17(2)15-22(27-16-18-5-3-4-6-21(18)23(27)29)24(30)26-13-11-25(12-14-26)19-7-9-20(10-8-19)28(31)32/h3-10,17,22H,11-16H2,1-2H3/t22-/m1/s1. The van der Waals surface area contributed by atoms with Crippen molar-refractivity contribution in [3.63, 3.8) is 0 Å². The van der Waals surface area contributed by atoms with Crippen molar-refractivity contribution in [2.45, 2.75) is 32.9 Å². The topological polar surface area (TPSA) is 87.0 Å². The van der Waals surface area contributed by atoms with Crippen LogP contribution in [0, 0.1) is 16.0 Å². The van der Waals surface area contributed by atoms with Gasteiger partial charge in [-0.3, -0.25) is 19.7 Å². The number of fused-ring (bicyclic) bond motifs is 1. The molecule has 32 heavy (non-hydrogen) atoms. The van der Waals surface area contributed by atoms with Gasteiger partial charge in [0.25, 0.3) is 11.6 Å². The van der Waals surface area contributed by atoms with Crippen molar-refractivity contribution < 1.29 is 14.5 Å². The Kier molecular flexibility index (Phi) is 6.12. The van der Waals surface area contributed by atoms with E-state index in [0.29, 0.717) is 44.7 Å². The highest BCUT2D eigenvalue weighted by atomic mass is 16.6. The Hall–Kier alpha value is -3.42. The van der Waals surface area contributed by atoms with Crippen molar-refractivity contribution in [1.29, 1.82) is 0 Å². The van der Waals surface area contributed by atoms with Gasteiger partial charge in [-0.15, -0.1) is 0 Å². The average molecular weight is 437 g/mol. The molecule has 0 N–H and O–H groups in total. The van der Waals surface area contributed by atoms with E-state index < -0.39 is 11.0 Å². The van der Waals surface area contributed by atoms with Crippen LogP contribution in [0.3, 0.4) is 0 Å². The van der Waals surface area contributed by atoms with Crippen LogP contribution in [0.15, 0.2) is 48.5 Å². The summed E-state index contributed by atoms with van der Waals surface area (Å²) < 4.78 is 0. The van der Waals surface area contributed by atoms with Gasteiger partial charge in [0.15, 0.2) is 0 Å². The van der Waals surface area contributed by atoms with E-state index in [-0.39, 0.29) is 23.4 Å². The van der Waals surface area contributed by atoms with Gasteiger partial charge in [-0.1, -0.05) is 32.0 Å². The highest BCUT2D eigenvalue weighted by molar-refractivity contribution is 6.01. The van der Waals surface area contributed by atoms with E-state index in [9.17, 15) is 19.7 Å². The summed E-state index contributed by atoms with van der Waals surface area (Å²) in [7, 11) is 0. The Bertz CT molecular complexity index is 1010. The number of carbonyl (C=O) groups excluding carboxylic acids is 2. The summed E-state index contributed by atoms with van der Waals surface area (Å²) in [6.45, 7) is 7.01. The van der Waals surface area contributed by atoms with E-state index in [1.54, 1.807) is 17.0 Å². The van der Waals surface area contributed by atoms with Crippen molar-refractivity contribution in [1.82, 2.24) is 9.80 Å². The van der Waals surface area contributed by atoms with Gasteiger partial charge >= 0.3 is 0 Å². The van der Waals surface area contributed by atoms with Gasteiger partial charge in [0.2, 0.25) is 5.91 Å². The molecule has 2 aromatic carbocycles. The summed E-state index contributed by atoms with van der Waals surface area (Å²) in [6.07, 6.45) is 0.626. The number of rotatable bonds is 6. The molecule has 0 spiro atoms. The molecule has 2 heterocycles. The summed E-state index contributed by atoms with van der Waals surface area (Å²) in [5.74, 6) is 0.217.